The van der Waals surface area contributed by atoms with Crippen LogP contribution in [0.2, 0.25) is 0 Å². The molecule has 3 rings (SSSR count). The van der Waals surface area contributed by atoms with Gasteiger partial charge in [0, 0.05) is 25.2 Å². The summed E-state index contributed by atoms with van der Waals surface area (Å²) < 4.78 is 4.93. The molecule has 2 aromatic rings. The number of amides is 1. The molecule has 158 valence electrons. The zero-order chi connectivity index (χ0) is 22.3. The fraction of sp³-hybridized carbons (Fsp3) is 0.400. The van der Waals surface area contributed by atoms with Gasteiger partial charge in [-0.2, -0.15) is 0 Å². The van der Waals surface area contributed by atoms with Crippen molar-refractivity contribution in [2.24, 2.45) is 0 Å². The third-order valence-corrected chi connectivity index (χ3v) is 6.10. The van der Waals surface area contributed by atoms with E-state index in [9.17, 15) is 14.4 Å². The Hall–Kier alpha value is -2.95. The van der Waals surface area contributed by atoms with Crippen molar-refractivity contribution in [1.82, 2.24) is 0 Å². The fourth-order valence-corrected chi connectivity index (χ4v) is 4.04. The highest BCUT2D eigenvalue weighted by atomic mass is 16.5. The minimum Gasteiger partial charge on any atom is -0.423 e. The average Bonchev–Trinajstić information content (AvgIpc) is 2.86. The van der Waals surface area contributed by atoms with Gasteiger partial charge in [0.25, 0.3) is 5.91 Å². The Kier molecular flexibility index (Phi) is 5.59. The Morgan fingerprint density at radius 2 is 1.50 bits per heavy atom. The second-order valence-electron chi connectivity index (χ2n) is 9.31. The van der Waals surface area contributed by atoms with Crippen LogP contribution < -0.4 is 15.1 Å². The van der Waals surface area contributed by atoms with Crippen LogP contribution in [0, 0.1) is 0 Å². The van der Waals surface area contributed by atoms with Crippen LogP contribution in [0.5, 0.6) is 5.75 Å². The number of anilines is 1. The van der Waals surface area contributed by atoms with Gasteiger partial charge < -0.3 is 9.64 Å². The standard InChI is InChI=1S/C25H29NO4/c1-16(27)30-22-12-9-18(8-11-21(22)28)26(6)23(29)17-7-10-19-20(15-17)25(4,5)14-13-24(19,2)3/h7-12,15H,13-14H2,1-6H3. The average molecular weight is 408 g/mol. The molecule has 5 nitrogen and oxygen atoms in total. The van der Waals surface area contributed by atoms with Gasteiger partial charge in [0.2, 0.25) is 5.43 Å². The van der Waals surface area contributed by atoms with Gasteiger partial charge in [0.15, 0.2) is 5.75 Å². The first-order valence-electron chi connectivity index (χ1n) is 10.2. The molecule has 2 aromatic carbocycles. The topological polar surface area (TPSA) is 63.7 Å². The second-order valence-corrected chi connectivity index (χ2v) is 9.31. The van der Waals surface area contributed by atoms with Gasteiger partial charge in [-0.3, -0.25) is 14.4 Å². The van der Waals surface area contributed by atoms with Gasteiger partial charge in [0.05, 0.1) is 0 Å². The molecule has 0 spiro atoms. The van der Waals surface area contributed by atoms with Crippen LogP contribution in [0.25, 0.3) is 0 Å². The van der Waals surface area contributed by atoms with Crippen molar-refractivity contribution in [3.8, 4) is 5.75 Å². The Balaban J connectivity index is 1.97. The van der Waals surface area contributed by atoms with Gasteiger partial charge >= 0.3 is 5.97 Å². The lowest BCUT2D eigenvalue weighted by atomic mass is 9.63. The van der Waals surface area contributed by atoms with Crippen molar-refractivity contribution in [3.05, 3.63) is 69.4 Å². The largest absolute Gasteiger partial charge is 0.423 e. The van der Waals surface area contributed by atoms with E-state index in [2.05, 4.69) is 33.8 Å². The Morgan fingerprint density at radius 1 is 0.900 bits per heavy atom. The van der Waals surface area contributed by atoms with Crippen molar-refractivity contribution in [1.29, 1.82) is 0 Å². The van der Waals surface area contributed by atoms with Crippen molar-refractivity contribution in [2.45, 2.75) is 58.3 Å². The van der Waals surface area contributed by atoms with Gasteiger partial charge in [0.1, 0.15) is 0 Å². The molecule has 0 heterocycles. The highest BCUT2D eigenvalue weighted by Crippen LogP contribution is 2.46. The van der Waals surface area contributed by atoms with Crippen molar-refractivity contribution in [3.63, 3.8) is 0 Å². The van der Waals surface area contributed by atoms with E-state index < -0.39 is 11.4 Å². The molecule has 0 aromatic heterocycles. The molecule has 5 heteroatoms. The van der Waals surface area contributed by atoms with E-state index in [0.29, 0.717) is 11.3 Å². The smallest absolute Gasteiger partial charge is 0.308 e. The van der Waals surface area contributed by atoms with E-state index in [-0.39, 0.29) is 22.5 Å². The number of hydrogen-bond donors (Lipinski definition) is 0. The maximum absolute atomic E-state index is 13.2. The number of carbonyl (C=O) groups excluding carboxylic acids is 2. The molecular weight excluding hydrogens is 378 g/mol. The van der Waals surface area contributed by atoms with Crippen molar-refractivity contribution in [2.75, 3.05) is 11.9 Å². The first-order chi connectivity index (χ1) is 13.9. The van der Waals surface area contributed by atoms with Crippen LogP contribution in [0.15, 0.2) is 47.3 Å². The van der Waals surface area contributed by atoms with E-state index in [1.54, 1.807) is 19.2 Å². The minimum absolute atomic E-state index is 0.00922. The van der Waals surface area contributed by atoms with Crippen LogP contribution in [0.1, 0.15) is 68.9 Å². The van der Waals surface area contributed by atoms with Gasteiger partial charge in [-0.1, -0.05) is 33.8 Å². The zero-order valence-electron chi connectivity index (χ0n) is 18.5. The van der Waals surface area contributed by atoms with Crippen LogP contribution in [0.4, 0.5) is 5.69 Å². The lowest BCUT2D eigenvalue weighted by molar-refractivity contribution is -0.131. The molecule has 0 N–H and O–H groups in total. The molecule has 1 amide bonds. The first kappa shape index (κ1) is 21.8. The molecule has 0 bridgehead atoms. The first-order valence-corrected chi connectivity index (χ1v) is 10.2. The van der Waals surface area contributed by atoms with Crippen LogP contribution in [-0.4, -0.2) is 18.9 Å². The van der Waals surface area contributed by atoms with E-state index in [1.807, 2.05) is 12.1 Å². The third kappa shape index (κ3) is 4.16. The number of rotatable bonds is 3. The predicted octanol–water partition coefficient (Wildman–Crippen LogP) is 4.60. The number of carbonyl (C=O) groups is 2. The van der Waals surface area contributed by atoms with Gasteiger partial charge in [-0.05, 0) is 71.2 Å². The fourth-order valence-electron chi connectivity index (χ4n) is 4.04. The maximum atomic E-state index is 13.2. The zero-order valence-corrected chi connectivity index (χ0v) is 18.5. The number of benzene rings is 1. The molecule has 0 saturated heterocycles. The van der Waals surface area contributed by atoms with Crippen LogP contribution in [0.3, 0.4) is 0 Å². The van der Waals surface area contributed by atoms with E-state index >= 15 is 0 Å². The lowest BCUT2D eigenvalue weighted by Crippen LogP contribution is -2.34. The van der Waals surface area contributed by atoms with Crippen LogP contribution >= 0.6 is 0 Å². The molecule has 0 fully saturated rings. The number of fused-ring (bicyclic) bond motifs is 1. The highest BCUT2D eigenvalue weighted by molar-refractivity contribution is 6.06. The molecule has 0 radical (unpaired) electrons. The monoisotopic (exact) mass is 407 g/mol. The maximum Gasteiger partial charge on any atom is 0.308 e. The SMILES string of the molecule is CC(=O)Oc1ccc(N(C)C(=O)c2ccc3c(c2)C(C)(C)CCC3(C)C)ccc1=O. The summed E-state index contributed by atoms with van der Waals surface area (Å²) in [6.07, 6.45) is 2.18. The summed E-state index contributed by atoms with van der Waals surface area (Å²) in [5.41, 5.74) is 3.33. The van der Waals surface area contributed by atoms with Gasteiger partial charge in [-0.25, -0.2) is 0 Å². The molecule has 30 heavy (non-hydrogen) atoms. The summed E-state index contributed by atoms with van der Waals surface area (Å²) in [6.45, 7) is 10.2. The summed E-state index contributed by atoms with van der Waals surface area (Å²) in [6, 6.07) is 11.9. The van der Waals surface area contributed by atoms with Gasteiger partial charge in [-0.15, -0.1) is 0 Å². The van der Waals surface area contributed by atoms with Crippen LogP contribution in [-0.2, 0) is 15.6 Å². The summed E-state index contributed by atoms with van der Waals surface area (Å²) in [7, 11) is 1.67. The number of ether oxygens (including phenoxy) is 1. The minimum atomic E-state index is -0.566. The second kappa shape index (κ2) is 7.71. The van der Waals surface area contributed by atoms with E-state index in [0.717, 1.165) is 12.8 Å². The summed E-state index contributed by atoms with van der Waals surface area (Å²) >= 11 is 0. The predicted molar refractivity (Wildman–Crippen MR) is 118 cm³/mol. The number of esters is 1. The number of hydrogen-bond acceptors (Lipinski definition) is 4. The molecule has 0 saturated carbocycles. The van der Waals surface area contributed by atoms with Crippen molar-refractivity contribution >= 4 is 17.6 Å². The molecule has 1 aliphatic carbocycles. The summed E-state index contributed by atoms with van der Waals surface area (Å²) in [5.74, 6) is -0.791. The Morgan fingerprint density at radius 3 is 2.13 bits per heavy atom. The lowest BCUT2D eigenvalue weighted by Gasteiger charge is -2.42. The third-order valence-electron chi connectivity index (χ3n) is 6.10. The molecule has 0 atom stereocenters. The normalized spacial score (nSPS) is 16.3. The van der Waals surface area contributed by atoms with E-state index in [4.69, 9.17) is 4.74 Å². The van der Waals surface area contributed by atoms with E-state index in [1.165, 1.54) is 35.1 Å². The molecule has 1 aliphatic rings. The molecule has 0 aliphatic heterocycles. The van der Waals surface area contributed by atoms with Crippen molar-refractivity contribution < 1.29 is 14.3 Å². The number of nitrogens with zero attached hydrogens (tertiary/aromatic N) is 1. The quantitative estimate of drug-likeness (QED) is 0.698. The Labute approximate surface area is 177 Å². The summed E-state index contributed by atoms with van der Waals surface area (Å²) in [4.78, 5) is 38.0. The highest BCUT2D eigenvalue weighted by Gasteiger charge is 2.37. The molecular formula is C25H29NO4. The summed E-state index contributed by atoms with van der Waals surface area (Å²) in [5, 5.41) is 0. The Bertz CT molecular complexity index is 1070. The molecule has 0 unspecified atom stereocenters.